The summed E-state index contributed by atoms with van der Waals surface area (Å²) in [6.45, 7) is 1.97. The molecule has 0 radical (unpaired) electrons. The molecule has 104 valence electrons. The molecule has 19 heavy (non-hydrogen) atoms. The Balaban J connectivity index is 1.46. The van der Waals surface area contributed by atoms with E-state index >= 15 is 0 Å². The highest BCUT2D eigenvalue weighted by Crippen LogP contribution is 2.48. The third-order valence-corrected chi connectivity index (χ3v) is 5.84. The van der Waals surface area contributed by atoms with Crippen LogP contribution in [0.15, 0.2) is 0 Å². The lowest BCUT2D eigenvalue weighted by Crippen LogP contribution is -2.58. The van der Waals surface area contributed by atoms with Gasteiger partial charge in [-0.3, -0.25) is 9.59 Å². The van der Waals surface area contributed by atoms with Gasteiger partial charge in [-0.15, -0.1) is 0 Å². The molecule has 2 bridgehead atoms. The normalized spacial score (nSPS) is 41.3. The second-order valence-corrected chi connectivity index (χ2v) is 6.90. The molecule has 4 rings (SSSR count). The molecule has 2 saturated carbocycles. The van der Waals surface area contributed by atoms with Crippen molar-refractivity contribution in [3.05, 3.63) is 0 Å². The topological polar surface area (TPSA) is 40.6 Å². The van der Waals surface area contributed by atoms with Crippen molar-refractivity contribution in [2.45, 2.75) is 44.6 Å². The first-order valence-electron chi connectivity index (χ1n) is 7.80. The first-order valence-corrected chi connectivity index (χ1v) is 7.80. The van der Waals surface area contributed by atoms with E-state index in [1.165, 1.54) is 25.7 Å². The van der Waals surface area contributed by atoms with Crippen molar-refractivity contribution in [1.29, 1.82) is 0 Å². The van der Waals surface area contributed by atoms with Crippen LogP contribution in [-0.2, 0) is 9.59 Å². The van der Waals surface area contributed by atoms with E-state index in [1.54, 1.807) is 4.90 Å². The van der Waals surface area contributed by atoms with Gasteiger partial charge in [0.2, 0.25) is 11.8 Å². The van der Waals surface area contributed by atoms with Crippen molar-refractivity contribution >= 4 is 11.8 Å². The lowest BCUT2D eigenvalue weighted by molar-refractivity contribution is -0.154. The molecule has 0 spiro atoms. The van der Waals surface area contributed by atoms with Gasteiger partial charge in [-0.05, 0) is 49.9 Å². The van der Waals surface area contributed by atoms with Crippen molar-refractivity contribution in [3.8, 4) is 0 Å². The second-order valence-electron chi connectivity index (χ2n) is 6.90. The SMILES string of the molecule is O=C1C2CCCN2C(=O)CN1CC1CC2CCC1C2. The van der Waals surface area contributed by atoms with Crippen LogP contribution < -0.4 is 0 Å². The van der Waals surface area contributed by atoms with Gasteiger partial charge in [0, 0.05) is 13.1 Å². The van der Waals surface area contributed by atoms with Crippen molar-refractivity contribution < 1.29 is 9.59 Å². The fourth-order valence-corrected chi connectivity index (χ4v) is 4.90. The van der Waals surface area contributed by atoms with Gasteiger partial charge in [-0.25, -0.2) is 0 Å². The van der Waals surface area contributed by atoms with Crippen LogP contribution in [0, 0.1) is 17.8 Å². The molecule has 4 unspecified atom stereocenters. The van der Waals surface area contributed by atoms with E-state index in [0.717, 1.165) is 37.8 Å². The maximum atomic E-state index is 12.5. The Morgan fingerprint density at radius 1 is 1.11 bits per heavy atom. The molecule has 4 aliphatic rings. The Morgan fingerprint density at radius 2 is 2.00 bits per heavy atom. The van der Waals surface area contributed by atoms with E-state index in [4.69, 9.17) is 0 Å². The minimum absolute atomic E-state index is 0.125. The van der Waals surface area contributed by atoms with Crippen LogP contribution in [0.3, 0.4) is 0 Å². The molecular weight excluding hydrogens is 240 g/mol. The minimum Gasteiger partial charge on any atom is -0.331 e. The summed E-state index contributed by atoms with van der Waals surface area (Å²) in [5, 5.41) is 0. The Morgan fingerprint density at radius 3 is 2.74 bits per heavy atom. The molecular formula is C15H22N2O2. The molecule has 2 amide bonds. The van der Waals surface area contributed by atoms with Gasteiger partial charge < -0.3 is 9.80 Å². The molecule has 4 fully saturated rings. The highest BCUT2D eigenvalue weighted by molar-refractivity contribution is 5.95. The van der Waals surface area contributed by atoms with Gasteiger partial charge in [0.05, 0.1) is 6.54 Å². The number of hydrogen-bond donors (Lipinski definition) is 0. The standard InChI is InChI=1S/C15H22N2O2/c18-14-9-16(15(19)13-2-1-5-17(13)14)8-12-7-10-3-4-11(12)6-10/h10-13H,1-9H2. The van der Waals surface area contributed by atoms with Crippen LogP contribution in [0.4, 0.5) is 0 Å². The van der Waals surface area contributed by atoms with Gasteiger partial charge in [0.1, 0.15) is 6.04 Å². The molecule has 2 saturated heterocycles. The zero-order valence-corrected chi connectivity index (χ0v) is 11.4. The molecule has 2 aliphatic heterocycles. The number of hydrogen-bond acceptors (Lipinski definition) is 2. The predicted octanol–water partition coefficient (Wildman–Crippen LogP) is 1.26. The molecule has 2 aliphatic carbocycles. The van der Waals surface area contributed by atoms with Crippen LogP contribution in [-0.4, -0.2) is 47.3 Å². The first kappa shape index (κ1) is 11.7. The minimum atomic E-state index is -0.125. The third-order valence-electron chi connectivity index (χ3n) is 5.84. The lowest BCUT2D eigenvalue weighted by Gasteiger charge is -2.38. The Hall–Kier alpha value is -1.06. The van der Waals surface area contributed by atoms with E-state index in [2.05, 4.69) is 0 Å². The summed E-state index contributed by atoms with van der Waals surface area (Å²) < 4.78 is 0. The van der Waals surface area contributed by atoms with Crippen molar-refractivity contribution in [2.24, 2.45) is 17.8 Å². The smallest absolute Gasteiger partial charge is 0.245 e. The first-order chi connectivity index (χ1) is 9.22. The van der Waals surface area contributed by atoms with Crippen LogP contribution in [0.5, 0.6) is 0 Å². The molecule has 0 aromatic rings. The van der Waals surface area contributed by atoms with E-state index in [1.807, 2.05) is 4.90 Å². The summed E-state index contributed by atoms with van der Waals surface area (Å²) in [4.78, 5) is 28.3. The maximum absolute atomic E-state index is 12.5. The highest BCUT2D eigenvalue weighted by atomic mass is 16.2. The average molecular weight is 262 g/mol. The van der Waals surface area contributed by atoms with Gasteiger partial charge in [-0.2, -0.15) is 0 Å². The second kappa shape index (κ2) is 4.22. The van der Waals surface area contributed by atoms with Gasteiger partial charge in [-0.1, -0.05) is 6.42 Å². The van der Waals surface area contributed by atoms with E-state index in [0.29, 0.717) is 12.5 Å². The summed E-state index contributed by atoms with van der Waals surface area (Å²) in [5.41, 5.74) is 0. The predicted molar refractivity (Wildman–Crippen MR) is 70.3 cm³/mol. The average Bonchev–Trinajstić information content (AvgIpc) is 3.10. The number of nitrogens with zero attached hydrogens (tertiary/aromatic N) is 2. The zero-order chi connectivity index (χ0) is 13.0. The summed E-state index contributed by atoms with van der Waals surface area (Å²) >= 11 is 0. The van der Waals surface area contributed by atoms with Crippen LogP contribution >= 0.6 is 0 Å². The van der Waals surface area contributed by atoms with E-state index < -0.39 is 0 Å². The monoisotopic (exact) mass is 262 g/mol. The third kappa shape index (κ3) is 1.79. The maximum Gasteiger partial charge on any atom is 0.245 e. The summed E-state index contributed by atoms with van der Waals surface area (Å²) in [5.74, 6) is 2.80. The number of piperazine rings is 1. The number of carbonyl (C=O) groups is 2. The Labute approximate surface area is 114 Å². The Bertz CT molecular complexity index is 422. The largest absolute Gasteiger partial charge is 0.331 e. The molecule has 0 aromatic heterocycles. The van der Waals surface area contributed by atoms with Crippen LogP contribution in [0.2, 0.25) is 0 Å². The Kier molecular flexibility index (Phi) is 2.61. The molecule has 4 heteroatoms. The lowest BCUT2D eigenvalue weighted by atomic mass is 9.88. The van der Waals surface area contributed by atoms with E-state index in [9.17, 15) is 9.59 Å². The number of carbonyl (C=O) groups excluding carboxylic acids is 2. The zero-order valence-electron chi connectivity index (χ0n) is 11.4. The fourth-order valence-electron chi connectivity index (χ4n) is 4.90. The molecule has 0 N–H and O–H groups in total. The van der Waals surface area contributed by atoms with Crippen molar-refractivity contribution in [1.82, 2.24) is 9.80 Å². The number of fused-ring (bicyclic) bond motifs is 3. The fraction of sp³-hybridized carbons (Fsp3) is 0.867. The molecule has 4 atom stereocenters. The number of rotatable bonds is 2. The molecule has 0 aromatic carbocycles. The molecule has 2 heterocycles. The van der Waals surface area contributed by atoms with Crippen molar-refractivity contribution in [2.75, 3.05) is 19.6 Å². The van der Waals surface area contributed by atoms with E-state index in [-0.39, 0.29) is 17.9 Å². The quantitative estimate of drug-likeness (QED) is 0.751. The van der Waals surface area contributed by atoms with Gasteiger partial charge >= 0.3 is 0 Å². The summed E-state index contributed by atoms with van der Waals surface area (Å²) in [7, 11) is 0. The van der Waals surface area contributed by atoms with Crippen molar-refractivity contribution in [3.63, 3.8) is 0 Å². The highest BCUT2D eigenvalue weighted by Gasteiger charge is 2.45. The van der Waals surface area contributed by atoms with Crippen LogP contribution in [0.1, 0.15) is 38.5 Å². The number of amides is 2. The summed E-state index contributed by atoms with van der Waals surface area (Å²) in [6, 6.07) is -0.125. The van der Waals surface area contributed by atoms with Gasteiger partial charge in [0.15, 0.2) is 0 Å². The molecule has 4 nitrogen and oxygen atoms in total. The van der Waals surface area contributed by atoms with Gasteiger partial charge in [0.25, 0.3) is 0 Å². The van der Waals surface area contributed by atoms with Crippen LogP contribution in [0.25, 0.3) is 0 Å². The summed E-state index contributed by atoms with van der Waals surface area (Å²) in [6.07, 6.45) is 7.26.